The predicted octanol–water partition coefficient (Wildman–Crippen LogP) is 3.13. The van der Waals surface area contributed by atoms with E-state index in [4.69, 9.17) is 4.42 Å². The van der Waals surface area contributed by atoms with E-state index in [0.717, 1.165) is 0 Å². The first kappa shape index (κ1) is 13.0. The van der Waals surface area contributed by atoms with Gasteiger partial charge in [0.15, 0.2) is 5.76 Å². The highest BCUT2D eigenvalue weighted by Crippen LogP contribution is 2.37. The second-order valence-electron chi connectivity index (χ2n) is 4.49. The van der Waals surface area contributed by atoms with Gasteiger partial charge in [0.25, 0.3) is 5.91 Å². The molecule has 1 N–H and O–H groups in total. The Morgan fingerprint density at radius 3 is 2.67 bits per heavy atom. The zero-order valence-electron chi connectivity index (χ0n) is 9.67. The molecule has 100 valence electrons. The molecular formula is C12H14F3NO2. The Balaban J connectivity index is 2.04. The molecule has 2 atom stereocenters. The predicted molar refractivity (Wildman–Crippen MR) is 58.0 cm³/mol. The number of halogens is 3. The molecule has 6 heteroatoms. The van der Waals surface area contributed by atoms with Gasteiger partial charge in [-0.1, -0.05) is 12.8 Å². The molecule has 0 aromatic carbocycles. The van der Waals surface area contributed by atoms with E-state index in [1.807, 2.05) is 0 Å². The minimum atomic E-state index is -4.26. The van der Waals surface area contributed by atoms with Crippen LogP contribution in [0.3, 0.4) is 0 Å². The summed E-state index contributed by atoms with van der Waals surface area (Å²) in [6.07, 6.45) is -1.26. The molecule has 3 nitrogen and oxygen atoms in total. The van der Waals surface area contributed by atoms with Crippen molar-refractivity contribution in [2.75, 3.05) is 0 Å². The summed E-state index contributed by atoms with van der Waals surface area (Å²) in [6, 6.07) is 2.11. The Hall–Kier alpha value is -1.46. The molecule has 0 spiro atoms. The normalized spacial score (nSPS) is 24.8. The molecule has 0 bridgehead atoms. The van der Waals surface area contributed by atoms with Crippen LogP contribution in [0.5, 0.6) is 0 Å². The quantitative estimate of drug-likeness (QED) is 0.888. The van der Waals surface area contributed by atoms with Crippen LogP contribution < -0.4 is 5.32 Å². The molecule has 1 amide bonds. The Morgan fingerprint density at radius 1 is 1.33 bits per heavy atom. The molecule has 0 aliphatic heterocycles. The van der Waals surface area contributed by atoms with Crippen molar-refractivity contribution in [3.63, 3.8) is 0 Å². The Kier molecular flexibility index (Phi) is 3.63. The summed E-state index contributed by atoms with van der Waals surface area (Å²) in [5.41, 5.74) is 0. The van der Waals surface area contributed by atoms with Gasteiger partial charge < -0.3 is 9.73 Å². The summed E-state index contributed by atoms with van der Waals surface area (Å²) < 4.78 is 43.3. The van der Waals surface area contributed by atoms with E-state index in [1.165, 1.54) is 18.4 Å². The molecule has 1 aliphatic rings. The standard InChI is InChI=1S/C12H14F3NO2/c13-12(14,15)8-4-1-2-5-9(8)16-11(17)10-6-3-7-18-10/h3,6-9H,1-2,4-5H2,(H,16,17). The van der Waals surface area contributed by atoms with Crippen LogP contribution in [-0.2, 0) is 0 Å². The third-order valence-electron chi connectivity index (χ3n) is 3.25. The summed E-state index contributed by atoms with van der Waals surface area (Å²) >= 11 is 0. The molecular weight excluding hydrogens is 247 g/mol. The number of hydrogen-bond donors (Lipinski definition) is 1. The van der Waals surface area contributed by atoms with Crippen LogP contribution in [0.15, 0.2) is 22.8 Å². The Labute approximate surface area is 102 Å². The first-order valence-corrected chi connectivity index (χ1v) is 5.89. The summed E-state index contributed by atoms with van der Waals surface area (Å²) in [7, 11) is 0. The van der Waals surface area contributed by atoms with Crippen LogP contribution in [0.4, 0.5) is 13.2 Å². The first-order valence-electron chi connectivity index (χ1n) is 5.89. The van der Waals surface area contributed by atoms with Gasteiger partial charge in [-0.15, -0.1) is 0 Å². The number of carbonyl (C=O) groups is 1. The molecule has 2 unspecified atom stereocenters. The van der Waals surface area contributed by atoms with Gasteiger partial charge in [-0.05, 0) is 25.0 Å². The molecule has 0 saturated heterocycles. The average molecular weight is 261 g/mol. The summed E-state index contributed by atoms with van der Waals surface area (Å²) in [5, 5.41) is 2.43. The molecule has 2 rings (SSSR count). The van der Waals surface area contributed by atoms with Gasteiger partial charge in [0.05, 0.1) is 12.2 Å². The van der Waals surface area contributed by atoms with Gasteiger partial charge in [-0.25, -0.2) is 0 Å². The number of carbonyl (C=O) groups excluding carboxylic acids is 1. The minimum Gasteiger partial charge on any atom is -0.459 e. The number of furan rings is 1. The Morgan fingerprint density at radius 2 is 2.06 bits per heavy atom. The van der Waals surface area contributed by atoms with Crippen LogP contribution >= 0.6 is 0 Å². The van der Waals surface area contributed by atoms with Crippen molar-refractivity contribution >= 4 is 5.91 Å². The highest BCUT2D eigenvalue weighted by Gasteiger charge is 2.46. The fraction of sp³-hybridized carbons (Fsp3) is 0.583. The van der Waals surface area contributed by atoms with Crippen molar-refractivity contribution < 1.29 is 22.4 Å². The van der Waals surface area contributed by atoms with Crippen molar-refractivity contribution in [3.05, 3.63) is 24.2 Å². The lowest BCUT2D eigenvalue weighted by molar-refractivity contribution is -0.187. The number of rotatable bonds is 2. The molecule has 0 radical (unpaired) electrons. The van der Waals surface area contributed by atoms with Crippen molar-refractivity contribution in [2.24, 2.45) is 5.92 Å². The molecule has 1 heterocycles. The van der Waals surface area contributed by atoms with Crippen LogP contribution in [0.2, 0.25) is 0 Å². The van der Waals surface area contributed by atoms with Gasteiger partial charge in [0, 0.05) is 6.04 Å². The zero-order chi connectivity index (χ0) is 13.2. The molecule has 1 aromatic heterocycles. The molecule has 1 aliphatic carbocycles. The summed E-state index contributed by atoms with van der Waals surface area (Å²) in [6.45, 7) is 0. The van der Waals surface area contributed by atoms with E-state index in [-0.39, 0.29) is 12.2 Å². The lowest BCUT2D eigenvalue weighted by Crippen LogP contribution is -2.47. The number of amides is 1. The summed E-state index contributed by atoms with van der Waals surface area (Å²) in [4.78, 5) is 11.7. The van der Waals surface area contributed by atoms with Crippen LogP contribution in [-0.4, -0.2) is 18.1 Å². The molecule has 1 aromatic rings. The minimum absolute atomic E-state index is 0.0431. The van der Waals surface area contributed by atoms with Gasteiger partial charge in [-0.3, -0.25) is 4.79 Å². The van der Waals surface area contributed by atoms with E-state index in [9.17, 15) is 18.0 Å². The Bertz CT molecular complexity index is 400. The van der Waals surface area contributed by atoms with E-state index >= 15 is 0 Å². The smallest absolute Gasteiger partial charge is 0.393 e. The van der Waals surface area contributed by atoms with Crippen LogP contribution in [0.1, 0.15) is 36.2 Å². The van der Waals surface area contributed by atoms with Crippen molar-refractivity contribution in [3.8, 4) is 0 Å². The maximum Gasteiger partial charge on any atom is 0.393 e. The highest BCUT2D eigenvalue weighted by molar-refractivity contribution is 5.91. The fourth-order valence-electron chi connectivity index (χ4n) is 2.34. The third-order valence-corrected chi connectivity index (χ3v) is 3.25. The first-order chi connectivity index (χ1) is 8.48. The third kappa shape index (κ3) is 2.86. The molecule has 1 fully saturated rings. The number of nitrogens with one attached hydrogen (secondary N) is 1. The van der Waals surface area contributed by atoms with E-state index in [1.54, 1.807) is 0 Å². The molecule has 18 heavy (non-hydrogen) atoms. The van der Waals surface area contributed by atoms with Gasteiger partial charge in [-0.2, -0.15) is 13.2 Å². The second-order valence-corrected chi connectivity index (χ2v) is 4.49. The second kappa shape index (κ2) is 5.04. The van der Waals surface area contributed by atoms with E-state index in [0.29, 0.717) is 19.3 Å². The largest absolute Gasteiger partial charge is 0.459 e. The monoisotopic (exact) mass is 261 g/mol. The maximum atomic E-state index is 12.8. The fourth-order valence-corrected chi connectivity index (χ4v) is 2.34. The maximum absolute atomic E-state index is 12.8. The van der Waals surface area contributed by atoms with E-state index < -0.39 is 24.0 Å². The van der Waals surface area contributed by atoms with Gasteiger partial charge in [0.1, 0.15) is 0 Å². The van der Waals surface area contributed by atoms with Crippen LogP contribution in [0.25, 0.3) is 0 Å². The highest BCUT2D eigenvalue weighted by atomic mass is 19.4. The molecule has 1 saturated carbocycles. The SMILES string of the molecule is O=C(NC1CCCCC1C(F)(F)F)c1ccco1. The average Bonchev–Trinajstić information content (AvgIpc) is 2.81. The lowest BCUT2D eigenvalue weighted by atomic mass is 9.84. The van der Waals surface area contributed by atoms with E-state index in [2.05, 4.69) is 5.32 Å². The summed E-state index contributed by atoms with van der Waals surface area (Å²) in [5.74, 6) is -1.99. The van der Waals surface area contributed by atoms with Gasteiger partial charge >= 0.3 is 6.18 Å². The zero-order valence-corrected chi connectivity index (χ0v) is 9.67. The van der Waals surface area contributed by atoms with Crippen molar-refractivity contribution in [2.45, 2.75) is 37.9 Å². The van der Waals surface area contributed by atoms with Crippen LogP contribution in [0, 0.1) is 5.92 Å². The number of hydrogen-bond acceptors (Lipinski definition) is 2. The van der Waals surface area contributed by atoms with Gasteiger partial charge in [0.2, 0.25) is 0 Å². The number of alkyl halides is 3. The topological polar surface area (TPSA) is 42.2 Å². The lowest BCUT2D eigenvalue weighted by Gasteiger charge is -2.33. The van der Waals surface area contributed by atoms with Crippen molar-refractivity contribution in [1.29, 1.82) is 0 Å². The van der Waals surface area contributed by atoms with Crippen molar-refractivity contribution in [1.82, 2.24) is 5.32 Å².